The SMILES string of the molecule is COc1ccc(CC2(CC(C)(C)C)CCN2)cc1. The van der Waals surface area contributed by atoms with E-state index in [1.807, 2.05) is 0 Å². The molecule has 1 unspecified atom stereocenters. The highest BCUT2D eigenvalue weighted by molar-refractivity contribution is 5.29. The molecule has 0 spiro atoms. The number of hydrogen-bond donors (Lipinski definition) is 1. The molecule has 0 saturated carbocycles. The van der Waals surface area contributed by atoms with E-state index >= 15 is 0 Å². The average molecular weight is 247 g/mol. The Morgan fingerprint density at radius 1 is 1.22 bits per heavy atom. The van der Waals surface area contributed by atoms with Gasteiger partial charge < -0.3 is 10.1 Å². The first-order valence-corrected chi connectivity index (χ1v) is 6.81. The van der Waals surface area contributed by atoms with Gasteiger partial charge in [0, 0.05) is 5.54 Å². The van der Waals surface area contributed by atoms with Crippen molar-refractivity contribution in [1.29, 1.82) is 0 Å². The van der Waals surface area contributed by atoms with Crippen LogP contribution in [-0.2, 0) is 6.42 Å². The van der Waals surface area contributed by atoms with Crippen molar-refractivity contribution in [1.82, 2.24) is 5.32 Å². The van der Waals surface area contributed by atoms with Crippen LogP contribution in [0.3, 0.4) is 0 Å². The van der Waals surface area contributed by atoms with Gasteiger partial charge in [-0.3, -0.25) is 0 Å². The number of ether oxygens (including phenoxy) is 1. The van der Waals surface area contributed by atoms with Crippen LogP contribution >= 0.6 is 0 Å². The topological polar surface area (TPSA) is 21.3 Å². The lowest BCUT2D eigenvalue weighted by Crippen LogP contribution is -2.59. The number of methoxy groups -OCH3 is 1. The Bertz CT molecular complexity index is 385. The number of nitrogens with one attached hydrogen (secondary N) is 1. The monoisotopic (exact) mass is 247 g/mol. The zero-order valence-electron chi connectivity index (χ0n) is 12.0. The van der Waals surface area contributed by atoms with E-state index in [1.54, 1.807) is 7.11 Å². The Hall–Kier alpha value is -1.02. The number of hydrogen-bond acceptors (Lipinski definition) is 2. The summed E-state index contributed by atoms with van der Waals surface area (Å²) < 4.78 is 5.20. The van der Waals surface area contributed by atoms with Crippen molar-refractivity contribution in [3.05, 3.63) is 29.8 Å². The molecule has 1 N–H and O–H groups in total. The summed E-state index contributed by atoms with van der Waals surface area (Å²) in [6.07, 6.45) is 3.64. The van der Waals surface area contributed by atoms with Crippen molar-refractivity contribution in [2.45, 2.75) is 45.6 Å². The maximum atomic E-state index is 5.20. The summed E-state index contributed by atoms with van der Waals surface area (Å²) in [5, 5.41) is 3.66. The van der Waals surface area contributed by atoms with Crippen LogP contribution in [0.25, 0.3) is 0 Å². The summed E-state index contributed by atoms with van der Waals surface area (Å²) in [5.74, 6) is 0.935. The molecule has 1 fully saturated rings. The van der Waals surface area contributed by atoms with Gasteiger partial charge in [-0.25, -0.2) is 0 Å². The smallest absolute Gasteiger partial charge is 0.118 e. The highest BCUT2D eigenvalue weighted by Gasteiger charge is 2.39. The predicted molar refractivity (Wildman–Crippen MR) is 76.1 cm³/mol. The largest absolute Gasteiger partial charge is 0.497 e. The lowest BCUT2D eigenvalue weighted by molar-refractivity contribution is 0.132. The minimum absolute atomic E-state index is 0.312. The predicted octanol–water partition coefficient (Wildman–Crippen LogP) is 3.41. The van der Waals surface area contributed by atoms with Crippen LogP contribution in [0.5, 0.6) is 5.75 Å². The van der Waals surface area contributed by atoms with Gasteiger partial charge in [-0.1, -0.05) is 32.9 Å². The van der Waals surface area contributed by atoms with Gasteiger partial charge in [-0.15, -0.1) is 0 Å². The molecule has 1 saturated heterocycles. The van der Waals surface area contributed by atoms with E-state index in [9.17, 15) is 0 Å². The van der Waals surface area contributed by atoms with Crippen LogP contribution in [0, 0.1) is 5.41 Å². The van der Waals surface area contributed by atoms with Gasteiger partial charge >= 0.3 is 0 Å². The Labute approximate surface area is 111 Å². The van der Waals surface area contributed by atoms with E-state index < -0.39 is 0 Å². The van der Waals surface area contributed by atoms with E-state index in [0.717, 1.165) is 18.7 Å². The molecule has 0 bridgehead atoms. The van der Waals surface area contributed by atoms with Crippen LogP contribution in [0.1, 0.15) is 39.2 Å². The summed E-state index contributed by atoms with van der Waals surface area (Å²) in [4.78, 5) is 0. The first kappa shape index (κ1) is 13.4. The molecule has 0 amide bonds. The summed E-state index contributed by atoms with van der Waals surface area (Å²) in [6, 6.07) is 8.48. The Morgan fingerprint density at radius 2 is 1.83 bits per heavy atom. The lowest BCUT2D eigenvalue weighted by Gasteiger charge is -2.47. The first-order chi connectivity index (χ1) is 8.42. The maximum absolute atomic E-state index is 5.20. The lowest BCUT2D eigenvalue weighted by atomic mass is 9.71. The third-order valence-electron chi connectivity index (χ3n) is 3.67. The van der Waals surface area contributed by atoms with Crippen LogP contribution < -0.4 is 10.1 Å². The van der Waals surface area contributed by atoms with Gasteiger partial charge in [0.15, 0.2) is 0 Å². The summed E-state index contributed by atoms with van der Waals surface area (Å²) in [7, 11) is 1.71. The fraction of sp³-hybridized carbons (Fsp3) is 0.625. The van der Waals surface area contributed by atoms with E-state index in [4.69, 9.17) is 4.74 Å². The van der Waals surface area contributed by atoms with E-state index in [0.29, 0.717) is 11.0 Å². The normalized spacial score (nSPS) is 23.6. The maximum Gasteiger partial charge on any atom is 0.118 e. The Balaban J connectivity index is 2.05. The van der Waals surface area contributed by atoms with Gasteiger partial charge in [0.25, 0.3) is 0 Å². The van der Waals surface area contributed by atoms with Gasteiger partial charge in [-0.2, -0.15) is 0 Å². The first-order valence-electron chi connectivity index (χ1n) is 6.81. The van der Waals surface area contributed by atoms with E-state index in [1.165, 1.54) is 18.4 Å². The number of benzene rings is 1. The molecule has 18 heavy (non-hydrogen) atoms. The average Bonchev–Trinajstić information content (AvgIpc) is 2.25. The number of rotatable bonds is 4. The molecule has 100 valence electrons. The zero-order valence-corrected chi connectivity index (χ0v) is 12.0. The second-order valence-electron chi connectivity index (χ2n) is 6.72. The quantitative estimate of drug-likeness (QED) is 0.880. The van der Waals surface area contributed by atoms with Crippen molar-refractivity contribution < 1.29 is 4.74 Å². The van der Waals surface area contributed by atoms with E-state index in [-0.39, 0.29) is 0 Å². The van der Waals surface area contributed by atoms with Gasteiger partial charge in [0.1, 0.15) is 5.75 Å². The van der Waals surface area contributed by atoms with Crippen molar-refractivity contribution in [2.24, 2.45) is 5.41 Å². The summed E-state index contributed by atoms with van der Waals surface area (Å²) in [5.41, 5.74) is 2.08. The fourth-order valence-electron chi connectivity index (χ4n) is 2.99. The molecule has 1 atom stereocenters. The molecular formula is C16H25NO. The van der Waals surface area contributed by atoms with Crippen LogP contribution in [0.4, 0.5) is 0 Å². The molecule has 1 heterocycles. The summed E-state index contributed by atoms with van der Waals surface area (Å²) >= 11 is 0. The van der Waals surface area contributed by atoms with Crippen LogP contribution in [0.2, 0.25) is 0 Å². The third-order valence-corrected chi connectivity index (χ3v) is 3.67. The second kappa shape index (κ2) is 4.93. The minimum atomic E-state index is 0.312. The van der Waals surface area contributed by atoms with Gasteiger partial charge in [-0.05, 0) is 48.9 Å². The molecule has 0 radical (unpaired) electrons. The van der Waals surface area contributed by atoms with Crippen molar-refractivity contribution >= 4 is 0 Å². The molecule has 2 rings (SSSR count). The zero-order chi connectivity index (χ0) is 13.2. The molecule has 0 aliphatic carbocycles. The standard InChI is InChI=1S/C16H25NO/c1-15(2,3)12-16(9-10-17-16)11-13-5-7-14(18-4)8-6-13/h5-8,17H,9-12H2,1-4H3. The molecule has 1 aliphatic rings. The Morgan fingerprint density at radius 3 is 2.22 bits per heavy atom. The van der Waals surface area contributed by atoms with Gasteiger partial charge in [0.2, 0.25) is 0 Å². The molecule has 1 aromatic rings. The molecular weight excluding hydrogens is 222 g/mol. The van der Waals surface area contributed by atoms with Gasteiger partial charge in [0.05, 0.1) is 7.11 Å². The third kappa shape index (κ3) is 3.26. The molecule has 2 nitrogen and oxygen atoms in total. The molecule has 1 aromatic carbocycles. The molecule has 2 heteroatoms. The highest BCUT2D eigenvalue weighted by Crippen LogP contribution is 2.36. The highest BCUT2D eigenvalue weighted by atomic mass is 16.5. The molecule has 0 aromatic heterocycles. The van der Waals surface area contributed by atoms with E-state index in [2.05, 4.69) is 50.4 Å². The van der Waals surface area contributed by atoms with Crippen molar-refractivity contribution in [2.75, 3.05) is 13.7 Å². The van der Waals surface area contributed by atoms with Crippen molar-refractivity contribution in [3.8, 4) is 5.75 Å². The molecule has 1 aliphatic heterocycles. The second-order valence-corrected chi connectivity index (χ2v) is 6.72. The minimum Gasteiger partial charge on any atom is -0.497 e. The van der Waals surface area contributed by atoms with Crippen LogP contribution in [0.15, 0.2) is 24.3 Å². The summed E-state index contributed by atoms with van der Waals surface area (Å²) in [6.45, 7) is 8.13. The van der Waals surface area contributed by atoms with Crippen molar-refractivity contribution in [3.63, 3.8) is 0 Å². The fourth-order valence-corrected chi connectivity index (χ4v) is 2.99. The van der Waals surface area contributed by atoms with Crippen LogP contribution in [-0.4, -0.2) is 19.2 Å². The Kier molecular flexibility index (Phi) is 3.67.